The molecule has 5 heteroatoms. The van der Waals surface area contributed by atoms with Gasteiger partial charge in [0.05, 0.1) is 6.42 Å². The summed E-state index contributed by atoms with van der Waals surface area (Å²) in [4.78, 5) is 26.5. The van der Waals surface area contributed by atoms with Gasteiger partial charge in [0, 0.05) is 25.7 Å². The van der Waals surface area contributed by atoms with Crippen molar-refractivity contribution in [1.82, 2.24) is 9.80 Å². The molecule has 0 bridgehead atoms. The molecular weight excluding hydrogens is 220 g/mol. The third-order valence-electron chi connectivity index (χ3n) is 3.43. The van der Waals surface area contributed by atoms with Crippen LogP contribution >= 0.6 is 0 Å². The number of carboxylic acids is 1. The number of nitrogens with zero attached hydrogens (tertiary/aromatic N) is 2. The standard InChI is InChI=1S/C12H20N2O3/c15-11(16)6-9-14(10-4-5-10)12(17)13-7-2-1-3-8-13/h10H,1-9H2,(H,15,16). The minimum atomic E-state index is -0.831. The van der Waals surface area contributed by atoms with E-state index in [2.05, 4.69) is 0 Å². The number of carbonyl (C=O) groups excluding carboxylic acids is 1. The van der Waals surface area contributed by atoms with Crippen molar-refractivity contribution in [3.05, 3.63) is 0 Å². The highest BCUT2D eigenvalue weighted by Crippen LogP contribution is 2.28. The molecule has 0 unspecified atom stereocenters. The molecule has 1 N–H and O–H groups in total. The van der Waals surface area contributed by atoms with Gasteiger partial charge in [-0.15, -0.1) is 0 Å². The minimum absolute atomic E-state index is 0.0495. The zero-order valence-electron chi connectivity index (χ0n) is 10.1. The van der Waals surface area contributed by atoms with Crippen LogP contribution in [0.15, 0.2) is 0 Å². The molecule has 5 nitrogen and oxygen atoms in total. The molecule has 1 aliphatic heterocycles. The molecule has 1 saturated heterocycles. The Balaban J connectivity index is 1.89. The summed E-state index contributed by atoms with van der Waals surface area (Å²) in [6, 6.07) is 0.345. The molecule has 2 fully saturated rings. The number of piperidine rings is 1. The van der Waals surface area contributed by atoms with Crippen LogP contribution in [0.5, 0.6) is 0 Å². The quantitative estimate of drug-likeness (QED) is 0.810. The first-order chi connectivity index (χ1) is 8.18. The zero-order valence-corrected chi connectivity index (χ0v) is 10.1. The highest BCUT2D eigenvalue weighted by Gasteiger charge is 2.35. The van der Waals surface area contributed by atoms with E-state index in [9.17, 15) is 9.59 Å². The number of amides is 2. The smallest absolute Gasteiger partial charge is 0.320 e. The molecular formula is C12H20N2O3. The molecule has 0 radical (unpaired) electrons. The Kier molecular flexibility index (Phi) is 3.86. The number of hydrogen-bond donors (Lipinski definition) is 1. The van der Waals surface area contributed by atoms with Crippen molar-refractivity contribution >= 4 is 12.0 Å². The van der Waals surface area contributed by atoms with E-state index in [0.717, 1.165) is 38.8 Å². The molecule has 0 atom stereocenters. The van der Waals surface area contributed by atoms with Gasteiger partial charge in [-0.1, -0.05) is 0 Å². The van der Waals surface area contributed by atoms with Gasteiger partial charge in [-0.3, -0.25) is 4.79 Å². The van der Waals surface area contributed by atoms with Gasteiger partial charge in [0.1, 0.15) is 0 Å². The van der Waals surface area contributed by atoms with E-state index in [1.54, 1.807) is 4.90 Å². The lowest BCUT2D eigenvalue weighted by Crippen LogP contribution is -2.47. The van der Waals surface area contributed by atoms with Gasteiger partial charge < -0.3 is 14.9 Å². The Labute approximate surface area is 101 Å². The number of likely N-dealkylation sites (tertiary alicyclic amines) is 1. The second-order valence-electron chi connectivity index (χ2n) is 4.90. The van der Waals surface area contributed by atoms with Crippen LogP contribution in [0, 0.1) is 0 Å². The largest absolute Gasteiger partial charge is 0.481 e. The van der Waals surface area contributed by atoms with Crippen LogP contribution in [0.25, 0.3) is 0 Å². The van der Waals surface area contributed by atoms with Gasteiger partial charge in [0.2, 0.25) is 0 Å². The number of carboxylic acid groups (broad SMARTS) is 1. The maximum atomic E-state index is 12.3. The maximum absolute atomic E-state index is 12.3. The number of rotatable bonds is 4. The average molecular weight is 240 g/mol. The summed E-state index contributed by atoms with van der Waals surface area (Å²) >= 11 is 0. The molecule has 0 spiro atoms. The van der Waals surface area contributed by atoms with Gasteiger partial charge >= 0.3 is 12.0 Å². The van der Waals surface area contributed by atoms with E-state index >= 15 is 0 Å². The number of aliphatic carboxylic acids is 1. The summed E-state index contributed by atoms with van der Waals surface area (Å²) in [5, 5.41) is 8.71. The third kappa shape index (κ3) is 3.35. The second-order valence-corrected chi connectivity index (χ2v) is 4.90. The summed E-state index contributed by atoms with van der Waals surface area (Å²) in [5.41, 5.74) is 0. The highest BCUT2D eigenvalue weighted by molar-refractivity contribution is 5.76. The van der Waals surface area contributed by atoms with Gasteiger partial charge in [-0.25, -0.2) is 4.79 Å². The van der Waals surface area contributed by atoms with Crippen molar-refractivity contribution in [3.63, 3.8) is 0 Å². The van der Waals surface area contributed by atoms with Gasteiger partial charge in [-0.2, -0.15) is 0 Å². The summed E-state index contributed by atoms with van der Waals surface area (Å²) in [6.45, 7) is 2.01. The van der Waals surface area contributed by atoms with Crippen molar-refractivity contribution in [3.8, 4) is 0 Å². The van der Waals surface area contributed by atoms with Crippen LogP contribution in [0.2, 0.25) is 0 Å². The molecule has 0 aromatic carbocycles. The second kappa shape index (κ2) is 5.38. The minimum Gasteiger partial charge on any atom is -0.481 e. The lowest BCUT2D eigenvalue weighted by atomic mass is 10.1. The molecule has 96 valence electrons. The lowest BCUT2D eigenvalue weighted by Gasteiger charge is -2.33. The average Bonchev–Trinajstić information content (AvgIpc) is 3.14. The molecule has 2 amide bonds. The topological polar surface area (TPSA) is 60.9 Å². The molecule has 2 rings (SSSR count). The van der Waals surface area contributed by atoms with Gasteiger partial charge in [0.25, 0.3) is 0 Å². The molecule has 0 aromatic heterocycles. The monoisotopic (exact) mass is 240 g/mol. The highest BCUT2D eigenvalue weighted by atomic mass is 16.4. The summed E-state index contributed by atoms with van der Waals surface area (Å²) in [6.07, 6.45) is 5.45. The van der Waals surface area contributed by atoms with Crippen LogP contribution in [0.4, 0.5) is 4.79 Å². The first-order valence-electron chi connectivity index (χ1n) is 6.46. The molecule has 0 aromatic rings. The fourth-order valence-electron chi connectivity index (χ4n) is 2.30. The Morgan fingerprint density at radius 2 is 1.82 bits per heavy atom. The van der Waals surface area contributed by atoms with E-state index in [0.29, 0.717) is 12.6 Å². The molecule has 1 saturated carbocycles. The molecule has 17 heavy (non-hydrogen) atoms. The van der Waals surface area contributed by atoms with Crippen molar-refractivity contribution < 1.29 is 14.7 Å². The lowest BCUT2D eigenvalue weighted by molar-refractivity contribution is -0.137. The van der Waals surface area contributed by atoms with Crippen LogP contribution < -0.4 is 0 Å². The van der Waals surface area contributed by atoms with E-state index in [4.69, 9.17) is 5.11 Å². The van der Waals surface area contributed by atoms with Crippen LogP contribution in [0.1, 0.15) is 38.5 Å². The number of carbonyl (C=O) groups is 2. The van der Waals surface area contributed by atoms with Gasteiger partial charge in [-0.05, 0) is 32.1 Å². The Morgan fingerprint density at radius 1 is 1.18 bits per heavy atom. The summed E-state index contributed by atoms with van der Waals surface area (Å²) in [5.74, 6) is -0.831. The fourth-order valence-corrected chi connectivity index (χ4v) is 2.30. The SMILES string of the molecule is O=C(O)CCN(C(=O)N1CCCCC1)C1CC1. The fraction of sp³-hybridized carbons (Fsp3) is 0.833. The Morgan fingerprint density at radius 3 is 2.35 bits per heavy atom. The normalized spacial score (nSPS) is 20.1. The van der Waals surface area contributed by atoms with Crippen LogP contribution in [-0.4, -0.2) is 52.6 Å². The number of hydrogen-bond acceptors (Lipinski definition) is 2. The van der Waals surface area contributed by atoms with Crippen LogP contribution in [-0.2, 0) is 4.79 Å². The molecule has 1 aliphatic carbocycles. The van der Waals surface area contributed by atoms with E-state index in [1.807, 2.05) is 4.90 Å². The van der Waals surface area contributed by atoms with Crippen molar-refractivity contribution in [1.29, 1.82) is 0 Å². The number of urea groups is 1. The maximum Gasteiger partial charge on any atom is 0.320 e. The molecule has 1 heterocycles. The third-order valence-corrected chi connectivity index (χ3v) is 3.43. The zero-order chi connectivity index (χ0) is 12.3. The van der Waals surface area contributed by atoms with Crippen LogP contribution in [0.3, 0.4) is 0 Å². The summed E-state index contributed by atoms with van der Waals surface area (Å²) < 4.78 is 0. The van der Waals surface area contributed by atoms with Crippen molar-refractivity contribution in [2.75, 3.05) is 19.6 Å². The first-order valence-corrected chi connectivity index (χ1v) is 6.46. The van der Waals surface area contributed by atoms with Crippen molar-refractivity contribution in [2.24, 2.45) is 0 Å². The molecule has 2 aliphatic rings. The van der Waals surface area contributed by atoms with E-state index in [-0.39, 0.29) is 12.5 Å². The first kappa shape index (κ1) is 12.2. The predicted molar refractivity (Wildman–Crippen MR) is 62.8 cm³/mol. The summed E-state index contributed by atoms with van der Waals surface area (Å²) in [7, 11) is 0. The van der Waals surface area contributed by atoms with Gasteiger partial charge in [0.15, 0.2) is 0 Å². The predicted octanol–water partition coefficient (Wildman–Crippen LogP) is 1.53. The van der Waals surface area contributed by atoms with E-state index < -0.39 is 5.97 Å². The van der Waals surface area contributed by atoms with Crippen molar-refractivity contribution in [2.45, 2.75) is 44.6 Å². The Bertz CT molecular complexity index is 296. The van der Waals surface area contributed by atoms with E-state index in [1.165, 1.54) is 6.42 Å². The Hall–Kier alpha value is -1.26.